The van der Waals surface area contributed by atoms with E-state index < -0.39 is 0 Å². The number of benzene rings is 11. The molecule has 0 radical (unpaired) electrons. The van der Waals surface area contributed by atoms with Crippen molar-refractivity contribution < 1.29 is 0 Å². The first-order valence-electron chi connectivity index (χ1n) is 21.9. The van der Waals surface area contributed by atoms with Crippen LogP contribution in [0.15, 0.2) is 249 Å². The van der Waals surface area contributed by atoms with Crippen LogP contribution in [0.25, 0.3) is 97.4 Å². The average Bonchev–Trinajstić information content (AvgIpc) is 3.77. The van der Waals surface area contributed by atoms with E-state index in [0.29, 0.717) is 0 Å². The van der Waals surface area contributed by atoms with Crippen molar-refractivity contribution in [1.29, 1.82) is 0 Å². The maximum absolute atomic E-state index is 2.48. The summed E-state index contributed by atoms with van der Waals surface area (Å²) < 4.78 is 2.56. The Labute approximate surface area is 377 Å². The predicted molar refractivity (Wildman–Crippen MR) is 276 cm³/mol. The van der Waals surface area contributed by atoms with Crippen molar-refractivity contribution in [2.24, 2.45) is 0 Å². The van der Waals surface area contributed by atoms with E-state index >= 15 is 0 Å². The quantitative estimate of drug-likeness (QED) is 0.138. The van der Waals surface area contributed by atoms with Gasteiger partial charge in [-0.3, -0.25) is 0 Å². The fourth-order valence-corrected chi connectivity index (χ4v) is 10.9. The van der Waals surface area contributed by atoms with Gasteiger partial charge in [-0.1, -0.05) is 200 Å². The summed E-state index contributed by atoms with van der Waals surface area (Å²) in [6.45, 7) is 0. The van der Waals surface area contributed by atoms with E-state index in [9.17, 15) is 0 Å². The minimum atomic E-state index is 1.10. The number of anilines is 3. The molecule has 0 N–H and O–H groups in total. The second-order valence-electron chi connectivity index (χ2n) is 16.4. The Hall–Kier alpha value is -8.04. The fraction of sp³-hybridized carbons (Fsp3) is 0. The van der Waals surface area contributed by atoms with E-state index in [1.165, 1.54) is 97.4 Å². The van der Waals surface area contributed by atoms with E-state index in [1.807, 2.05) is 11.3 Å². The third kappa shape index (κ3) is 6.55. The van der Waals surface area contributed by atoms with Gasteiger partial charge in [0.1, 0.15) is 0 Å². The summed E-state index contributed by atoms with van der Waals surface area (Å²) in [5.74, 6) is 0. The zero-order valence-corrected chi connectivity index (χ0v) is 35.8. The Kier molecular flexibility index (Phi) is 9.43. The minimum Gasteiger partial charge on any atom is -0.309 e. The first kappa shape index (κ1) is 37.7. The molecule has 11 aromatic carbocycles. The molecule has 64 heavy (non-hydrogen) atoms. The molecule has 0 aliphatic rings. The maximum atomic E-state index is 2.48. The highest BCUT2D eigenvalue weighted by molar-refractivity contribution is 7.26. The van der Waals surface area contributed by atoms with Gasteiger partial charge in [-0.25, -0.2) is 0 Å². The van der Waals surface area contributed by atoms with Crippen LogP contribution in [0.3, 0.4) is 0 Å². The topological polar surface area (TPSA) is 3.24 Å². The van der Waals surface area contributed by atoms with Gasteiger partial charge in [-0.05, 0) is 120 Å². The van der Waals surface area contributed by atoms with Crippen LogP contribution in [0.2, 0.25) is 0 Å². The summed E-state index contributed by atoms with van der Waals surface area (Å²) in [5.41, 5.74) is 15.4. The van der Waals surface area contributed by atoms with Crippen LogP contribution < -0.4 is 4.90 Å². The Balaban J connectivity index is 1.07. The first-order valence-corrected chi connectivity index (χ1v) is 22.7. The third-order valence-corrected chi connectivity index (χ3v) is 13.8. The summed E-state index contributed by atoms with van der Waals surface area (Å²) in [6, 6.07) is 91.0. The Morgan fingerprint density at radius 2 is 0.750 bits per heavy atom. The number of rotatable bonds is 8. The minimum absolute atomic E-state index is 1.10. The van der Waals surface area contributed by atoms with Crippen LogP contribution in [0.4, 0.5) is 17.1 Å². The smallest absolute Gasteiger partial charge is 0.0555 e. The lowest BCUT2D eigenvalue weighted by Crippen LogP contribution is -2.11. The average molecular weight is 832 g/mol. The molecule has 0 spiro atoms. The van der Waals surface area contributed by atoms with Gasteiger partial charge in [0.15, 0.2) is 0 Å². The largest absolute Gasteiger partial charge is 0.309 e. The van der Waals surface area contributed by atoms with Crippen molar-refractivity contribution in [1.82, 2.24) is 0 Å². The highest BCUT2D eigenvalue weighted by Crippen LogP contribution is 2.49. The van der Waals surface area contributed by atoms with Gasteiger partial charge >= 0.3 is 0 Å². The van der Waals surface area contributed by atoms with Crippen molar-refractivity contribution in [3.8, 4) is 55.6 Å². The molecule has 2 heteroatoms. The first-order chi connectivity index (χ1) is 31.8. The lowest BCUT2D eigenvalue weighted by Gasteiger charge is -2.29. The van der Waals surface area contributed by atoms with E-state index in [-0.39, 0.29) is 0 Å². The lowest BCUT2D eigenvalue weighted by atomic mass is 9.84. The molecule has 0 atom stereocenters. The monoisotopic (exact) mass is 831 g/mol. The molecule has 0 fully saturated rings. The molecule has 0 saturated carbocycles. The second kappa shape index (κ2) is 16.0. The van der Waals surface area contributed by atoms with Crippen LogP contribution in [-0.2, 0) is 0 Å². The summed E-state index contributed by atoms with van der Waals surface area (Å²) in [7, 11) is 0. The van der Waals surface area contributed by atoms with Gasteiger partial charge in [0.2, 0.25) is 0 Å². The highest BCUT2D eigenvalue weighted by Gasteiger charge is 2.23. The second-order valence-corrected chi connectivity index (χ2v) is 17.5. The number of hydrogen-bond donors (Lipinski definition) is 0. The van der Waals surface area contributed by atoms with E-state index in [4.69, 9.17) is 0 Å². The van der Waals surface area contributed by atoms with Crippen molar-refractivity contribution in [3.63, 3.8) is 0 Å². The molecule has 1 nitrogen and oxygen atoms in total. The number of nitrogens with zero attached hydrogens (tertiary/aromatic N) is 1. The standard InChI is InChI=1S/C62H41NS/c1-5-18-42(19-6-1)48-35-39-56(54(40-48)44-20-7-2-8-21-44)63(57-29-17-31-59-62(57)53-28-15-16-30-58(53)64-59)49-36-32-43(33-37-49)47-34-38-51-50-26-13-14-27-52(50)60(45-22-9-3-10-23-45)61(55(51)41-47)46-24-11-4-12-25-46/h1-41H. The Morgan fingerprint density at radius 3 is 1.44 bits per heavy atom. The van der Waals surface area contributed by atoms with Gasteiger partial charge in [-0.15, -0.1) is 11.3 Å². The van der Waals surface area contributed by atoms with Gasteiger partial charge in [0.25, 0.3) is 0 Å². The predicted octanol–water partition coefficient (Wildman–Crippen LogP) is 18.2. The SMILES string of the molecule is c1ccc(-c2ccc(N(c3ccc(-c4ccc5c(c4)c(-c4ccccc4)c(-c4ccccc4)c4ccccc45)cc3)c3cccc4sc5ccccc5c34)c(-c3ccccc3)c2)cc1. The molecular formula is C62H41NS. The molecule has 0 bridgehead atoms. The Morgan fingerprint density at radius 1 is 0.266 bits per heavy atom. The van der Waals surface area contributed by atoms with Gasteiger partial charge in [0, 0.05) is 31.4 Å². The number of thiophene rings is 1. The van der Waals surface area contributed by atoms with Gasteiger partial charge in [-0.2, -0.15) is 0 Å². The summed E-state index contributed by atoms with van der Waals surface area (Å²) in [6.07, 6.45) is 0. The molecule has 12 aromatic rings. The zero-order valence-electron chi connectivity index (χ0n) is 35.0. The molecular weight excluding hydrogens is 791 g/mol. The maximum Gasteiger partial charge on any atom is 0.0555 e. The third-order valence-electron chi connectivity index (χ3n) is 12.7. The normalized spacial score (nSPS) is 11.4. The van der Waals surface area contributed by atoms with Crippen molar-refractivity contribution >= 4 is 70.1 Å². The van der Waals surface area contributed by atoms with Crippen LogP contribution in [-0.4, -0.2) is 0 Å². The molecule has 1 aromatic heterocycles. The number of hydrogen-bond acceptors (Lipinski definition) is 2. The van der Waals surface area contributed by atoms with Crippen LogP contribution >= 0.6 is 11.3 Å². The molecule has 0 unspecified atom stereocenters. The molecule has 12 rings (SSSR count). The van der Waals surface area contributed by atoms with E-state index in [2.05, 4.69) is 254 Å². The fourth-order valence-electron chi connectivity index (χ4n) is 9.72. The Bertz CT molecular complexity index is 3630. The summed E-state index contributed by atoms with van der Waals surface area (Å²) >= 11 is 1.86. The summed E-state index contributed by atoms with van der Waals surface area (Å²) in [5, 5.41) is 7.56. The molecule has 0 saturated heterocycles. The molecule has 0 aliphatic heterocycles. The highest BCUT2D eigenvalue weighted by atomic mass is 32.1. The van der Waals surface area contributed by atoms with Crippen LogP contribution in [0.1, 0.15) is 0 Å². The lowest BCUT2D eigenvalue weighted by molar-refractivity contribution is 1.30. The van der Waals surface area contributed by atoms with Crippen molar-refractivity contribution in [2.75, 3.05) is 4.90 Å². The molecule has 0 aliphatic carbocycles. The van der Waals surface area contributed by atoms with Crippen molar-refractivity contribution in [3.05, 3.63) is 249 Å². The van der Waals surface area contributed by atoms with E-state index in [1.54, 1.807) is 0 Å². The van der Waals surface area contributed by atoms with Gasteiger partial charge < -0.3 is 4.90 Å². The van der Waals surface area contributed by atoms with E-state index in [0.717, 1.165) is 17.1 Å². The van der Waals surface area contributed by atoms with Crippen LogP contribution in [0, 0.1) is 0 Å². The molecule has 1 heterocycles. The molecule has 300 valence electrons. The number of fused-ring (bicyclic) bond motifs is 6. The van der Waals surface area contributed by atoms with Gasteiger partial charge in [0.05, 0.1) is 11.4 Å². The zero-order chi connectivity index (χ0) is 42.4. The van der Waals surface area contributed by atoms with Crippen molar-refractivity contribution in [2.45, 2.75) is 0 Å². The summed E-state index contributed by atoms with van der Waals surface area (Å²) in [4.78, 5) is 2.48. The van der Waals surface area contributed by atoms with Crippen LogP contribution in [0.5, 0.6) is 0 Å². The molecule has 0 amide bonds.